The molecule has 12 heavy (non-hydrogen) atoms. The predicted octanol–water partition coefficient (Wildman–Crippen LogP) is 1.05. The maximum absolute atomic E-state index is 12.3. The zero-order chi connectivity index (χ0) is 8.97. The topological polar surface area (TPSA) is 58.9 Å². The third-order valence-corrected chi connectivity index (χ3v) is 1.37. The van der Waals surface area contributed by atoms with Gasteiger partial charge in [-0.2, -0.15) is 9.81 Å². The van der Waals surface area contributed by atoms with Crippen molar-refractivity contribution in [3.05, 3.63) is 39.9 Å². The standard InChI is InChI=1S/C6H4BFN2O2/c8-6-3-1-5(2-4-6)7(9-11)10-12/h1-4H. The molecule has 0 aliphatic carbocycles. The highest BCUT2D eigenvalue weighted by molar-refractivity contribution is 6.69. The van der Waals surface area contributed by atoms with Gasteiger partial charge in [0.15, 0.2) is 0 Å². The van der Waals surface area contributed by atoms with E-state index in [4.69, 9.17) is 0 Å². The van der Waals surface area contributed by atoms with E-state index in [9.17, 15) is 14.2 Å². The van der Waals surface area contributed by atoms with Crippen molar-refractivity contribution in [1.82, 2.24) is 0 Å². The minimum Gasteiger partial charge on any atom is -0.207 e. The average molecular weight is 166 g/mol. The first kappa shape index (κ1) is 8.51. The number of nitrogens with zero attached hydrogens (tertiary/aromatic N) is 2. The Morgan fingerprint density at radius 3 is 2.00 bits per heavy atom. The predicted molar refractivity (Wildman–Crippen MR) is 43.4 cm³/mol. The van der Waals surface area contributed by atoms with E-state index in [1.807, 2.05) is 0 Å². The van der Waals surface area contributed by atoms with Gasteiger partial charge in [0.25, 0.3) is 0 Å². The van der Waals surface area contributed by atoms with E-state index in [-0.39, 0.29) is 0 Å². The molecule has 60 valence electrons. The second-order valence-corrected chi connectivity index (χ2v) is 2.14. The largest absolute Gasteiger partial charge is 0.548 e. The van der Waals surface area contributed by atoms with Crippen molar-refractivity contribution in [1.29, 1.82) is 0 Å². The fourth-order valence-electron chi connectivity index (χ4n) is 0.776. The van der Waals surface area contributed by atoms with Crippen LogP contribution >= 0.6 is 0 Å². The van der Waals surface area contributed by atoms with Crippen LogP contribution in [0.3, 0.4) is 0 Å². The van der Waals surface area contributed by atoms with Crippen LogP contribution in [0.5, 0.6) is 0 Å². The number of nitroso groups, excluding NO2 is 2. The maximum atomic E-state index is 12.3. The van der Waals surface area contributed by atoms with Crippen molar-refractivity contribution in [2.75, 3.05) is 0 Å². The summed E-state index contributed by atoms with van der Waals surface area (Å²) in [5, 5.41) is 4.91. The van der Waals surface area contributed by atoms with Crippen LogP contribution in [-0.4, -0.2) is 6.98 Å². The first-order chi connectivity index (χ1) is 5.77. The summed E-state index contributed by atoms with van der Waals surface area (Å²) in [5.74, 6) is -0.436. The van der Waals surface area contributed by atoms with E-state index in [1.54, 1.807) is 0 Å². The van der Waals surface area contributed by atoms with E-state index in [2.05, 4.69) is 10.2 Å². The third kappa shape index (κ3) is 1.72. The highest BCUT2D eigenvalue weighted by atomic mass is 19.1. The molecule has 0 radical (unpaired) electrons. The normalized spacial score (nSPS) is 9.08. The first-order valence-corrected chi connectivity index (χ1v) is 3.18. The lowest BCUT2D eigenvalue weighted by atomic mass is 9.71. The minimum absolute atomic E-state index is 0.293. The fraction of sp³-hybridized carbons (Fsp3) is 0. The molecule has 0 aliphatic heterocycles. The van der Waals surface area contributed by atoms with Crippen LogP contribution < -0.4 is 5.46 Å². The summed E-state index contributed by atoms with van der Waals surface area (Å²) >= 11 is 0. The summed E-state index contributed by atoms with van der Waals surface area (Å²) in [5.41, 5.74) is 0.293. The molecule has 0 fully saturated rings. The van der Waals surface area contributed by atoms with E-state index in [0.29, 0.717) is 5.46 Å². The molecule has 0 saturated carbocycles. The van der Waals surface area contributed by atoms with E-state index >= 15 is 0 Å². The smallest absolute Gasteiger partial charge is 0.207 e. The Hall–Kier alpha value is -1.59. The molecule has 0 amide bonds. The highest BCUT2D eigenvalue weighted by Gasteiger charge is 2.20. The van der Waals surface area contributed by atoms with Crippen molar-refractivity contribution >= 4 is 12.4 Å². The minimum atomic E-state index is -1.27. The van der Waals surface area contributed by atoms with Gasteiger partial charge in [-0.25, -0.2) is 4.39 Å². The second-order valence-electron chi connectivity index (χ2n) is 2.14. The Morgan fingerprint density at radius 2 is 1.58 bits per heavy atom. The van der Waals surface area contributed by atoms with Crippen LogP contribution in [0, 0.1) is 15.6 Å². The molecule has 4 nitrogen and oxygen atoms in total. The highest BCUT2D eigenvalue weighted by Crippen LogP contribution is 1.95. The number of hydrogen-bond acceptors (Lipinski definition) is 4. The van der Waals surface area contributed by atoms with Crippen LogP contribution in [0.25, 0.3) is 0 Å². The van der Waals surface area contributed by atoms with Crippen LogP contribution in [-0.2, 0) is 0 Å². The molecule has 1 rings (SSSR count). The molecular weight excluding hydrogens is 162 g/mol. The quantitative estimate of drug-likeness (QED) is 0.497. The Morgan fingerprint density at radius 1 is 1.08 bits per heavy atom. The van der Waals surface area contributed by atoms with Crippen LogP contribution in [0.2, 0.25) is 0 Å². The zero-order valence-corrected chi connectivity index (χ0v) is 5.98. The molecule has 0 atom stereocenters. The van der Waals surface area contributed by atoms with Gasteiger partial charge in [0.2, 0.25) is 0 Å². The summed E-state index contributed by atoms with van der Waals surface area (Å²) < 4.78 is 12.3. The SMILES string of the molecule is O=NB(N=O)c1ccc(F)cc1. The lowest BCUT2D eigenvalue weighted by molar-refractivity contribution is 0.628. The Kier molecular flexibility index (Phi) is 2.63. The van der Waals surface area contributed by atoms with Gasteiger partial charge >= 0.3 is 6.98 Å². The van der Waals surface area contributed by atoms with Gasteiger partial charge < -0.3 is 0 Å². The van der Waals surface area contributed by atoms with Crippen molar-refractivity contribution < 1.29 is 4.39 Å². The number of hydrogen-bond donors (Lipinski definition) is 0. The Balaban J connectivity index is 2.94. The number of benzene rings is 1. The lowest BCUT2D eigenvalue weighted by Crippen LogP contribution is -2.25. The molecule has 0 N–H and O–H groups in total. The Labute approximate surface area is 67.9 Å². The molecule has 0 heterocycles. The van der Waals surface area contributed by atoms with E-state index in [1.165, 1.54) is 12.1 Å². The van der Waals surface area contributed by atoms with Crippen LogP contribution in [0.1, 0.15) is 0 Å². The molecule has 6 heteroatoms. The molecule has 0 unspecified atom stereocenters. The summed E-state index contributed by atoms with van der Waals surface area (Å²) in [6, 6.07) is 4.86. The first-order valence-electron chi connectivity index (χ1n) is 3.18. The van der Waals surface area contributed by atoms with Gasteiger partial charge in [-0.05, 0) is 17.6 Å². The summed E-state index contributed by atoms with van der Waals surface area (Å²) in [6.45, 7) is -1.27. The van der Waals surface area contributed by atoms with Crippen molar-refractivity contribution in [2.24, 2.45) is 10.2 Å². The molecule has 0 spiro atoms. The fourth-order valence-corrected chi connectivity index (χ4v) is 0.776. The third-order valence-electron chi connectivity index (χ3n) is 1.37. The summed E-state index contributed by atoms with van der Waals surface area (Å²) in [7, 11) is 0. The molecule has 0 saturated heterocycles. The molecule has 1 aromatic carbocycles. The molecular formula is C6H4BFN2O2. The van der Waals surface area contributed by atoms with Gasteiger partial charge in [0, 0.05) is 0 Å². The van der Waals surface area contributed by atoms with Crippen LogP contribution in [0.4, 0.5) is 4.39 Å². The second kappa shape index (κ2) is 3.70. The molecule has 0 aliphatic rings. The van der Waals surface area contributed by atoms with Gasteiger partial charge in [-0.1, -0.05) is 22.3 Å². The zero-order valence-electron chi connectivity index (χ0n) is 5.98. The van der Waals surface area contributed by atoms with E-state index < -0.39 is 12.8 Å². The van der Waals surface area contributed by atoms with Gasteiger partial charge in [-0.3, -0.25) is 0 Å². The number of halogens is 1. The molecule has 0 aromatic heterocycles. The van der Waals surface area contributed by atoms with Crippen molar-refractivity contribution in [2.45, 2.75) is 0 Å². The van der Waals surface area contributed by atoms with E-state index in [0.717, 1.165) is 12.1 Å². The lowest BCUT2D eigenvalue weighted by Gasteiger charge is -1.94. The van der Waals surface area contributed by atoms with Gasteiger partial charge in [0.05, 0.1) is 0 Å². The number of rotatable bonds is 3. The van der Waals surface area contributed by atoms with Gasteiger partial charge in [-0.15, -0.1) is 0 Å². The van der Waals surface area contributed by atoms with Crippen molar-refractivity contribution in [3.8, 4) is 0 Å². The maximum Gasteiger partial charge on any atom is 0.548 e. The summed E-state index contributed by atoms with van der Waals surface area (Å²) in [6.07, 6.45) is 0. The van der Waals surface area contributed by atoms with Crippen LogP contribution in [0.15, 0.2) is 34.4 Å². The van der Waals surface area contributed by atoms with Gasteiger partial charge in [0.1, 0.15) is 5.82 Å². The molecule has 1 aromatic rings. The monoisotopic (exact) mass is 166 g/mol. The summed E-state index contributed by atoms with van der Waals surface area (Å²) in [4.78, 5) is 20.0. The molecule has 0 bridgehead atoms. The average Bonchev–Trinajstić information content (AvgIpc) is 2.10. The Bertz CT molecular complexity index is 282. The van der Waals surface area contributed by atoms with Crippen molar-refractivity contribution in [3.63, 3.8) is 0 Å².